The quantitative estimate of drug-likeness (QED) is 0.761. The van der Waals surface area contributed by atoms with Crippen LogP contribution in [-0.2, 0) is 14.2 Å². The van der Waals surface area contributed by atoms with E-state index >= 15 is 0 Å². The fourth-order valence-corrected chi connectivity index (χ4v) is 2.58. The largest absolute Gasteiger partial charge is 0.381 e. The summed E-state index contributed by atoms with van der Waals surface area (Å²) in [6.45, 7) is 7.45. The number of nitrogens with one attached hydrogen (secondary N) is 1. The summed E-state index contributed by atoms with van der Waals surface area (Å²) in [5.74, 6) is 0.620. The molecule has 2 aliphatic rings. The first-order valence-corrected chi connectivity index (χ1v) is 6.90. The van der Waals surface area contributed by atoms with Crippen molar-refractivity contribution in [1.29, 1.82) is 0 Å². The summed E-state index contributed by atoms with van der Waals surface area (Å²) in [4.78, 5) is 0. The van der Waals surface area contributed by atoms with E-state index in [0.717, 1.165) is 58.8 Å². The van der Waals surface area contributed by atoms with E-state index in [-0.39, 0.29) is 0 Å². The molecule has 0 aromatic heterocycles. The molecule has 4 nitrogen and oxygen atoms in total. The Morgan fingerprint density at radius 2 is 1.94 bits per heavy atom. The Bertz CT molecular complexity index is 201. The third-order valence-corrected chi connectivity index (χ3v) is 3.68. The zero-order valence-corrected chi connectivity index (χ0v) is 10.8. The van der Waals surface area contributed by atoms with Crippen LogP contribution in [0.4, 0.5) is 0 Å². The van der Waals surface area contributed by atoms with Gasteiger partial charge in [-0.1, -0.05) is 6.92 Å². The van der Waals surface area contributed by atoms with E-state index in [1.807, 2.05) is 0 Å². The van der Waals surface area contributed by atoms with Gasteiger partial charge in [-0.3, -0.25) is 0 Å². The molecule has 2 atom stereocenters. The van der Waals surface area contributed by atoms with Crippen molar-refractivity contribution in [3.8, 4) is 0 Å². The minimum Gasteiger partial charge on any atom is -0.381 e. The second kappa shape index (κ2) is 7.31. The molecule has 100 valence electrons. The maximum atomic E-state index is 6.01. The monoisotopic (exact) mass is 243 g/mol. The number of ether oxygens (including phenoxy) is 3. The highest BCUT2D eigenvalue weighted by molar-refractivity contribution is 4.79. The average Bonchev–Trinajstić information content (AvgIpc) is 2.89. The van der Waals surface area contributed by atoms with Crippen LogP contribution >= 0.6 is 0 Å². The van der Waals surface area contributed by atoms with Crippen LogP contribution in [0.25, 0.3) is 0 Å². The van der Waals surface area contributed by atoms with Gasteiger partial charge in [-0.05, 0) is 25.8 Å². The van der Waals surface area contributed by atoms with Gasteiger partial charge in [-0.2, -0.15) is 0 Å². The zero-order valence-electron chi connectivity index (χ0n) is 10.8. The van der Waals surface area contributed by atoms with Crippen LogP contribution < -0.4 is 5.32 Å². The molecule has 2 fully saturated rings. The first-order chi connectivity index (χ1) is 8.40. The first-order valence-electron chi connectivity index (χ1n) is 6.90. The molecule has 0 aromatic rings. The highest BCUT2D eigenvalue weighted by atomic mass is 16.5. The highest BCUT2D eigenvalue weighted by Gasteiger charge is 2.26. The third-order valence-electron chi connectivity index (χ3n) is 3.68. The summed E-state index contributed by atoms with van der Waals surface area (Å²) in [5, 5.41) is 3.53. The van der Waals surface area contributed by atoms with Gasteiger partial charge < -0.3 is 19.5 Å². The molecule has 0 spiro atoms. The predicted molar refractivity (Wildman–Crippen MR) is 66.2 cm³/mol. The van der Waals surface area contributed by atoms with Gasteiger partial charge in [-0.25, -0.2) is 0 Å². The van der Waals surface area contributed by atoms with E-state index in [2.05, 4.69) is 12.2 Å². The van der Waals surface area contributed by atoms with Crippen LogP contribution in [0.5, 0.6) is 0 Å². The lowest BCUT2D eigenvalue weighted by Crippen LogP contribution is -2.41. The van der Waals surface area contributed by atoms with Crippen molar-refractivity contribution in [3.05, 3.63) is 0 Å². The molecule has 0 bridgehead atoms. The molecule has 0 saturated carbocycles. The maximum absolute atomic E-state index is 6.01. The van der Waals surface area contributed by atoms with Crippen molar-refractivity contribution < 1.29 is 14.2 Å². The molecule has 0 aromatic carbocycles. The van der Waals surface area contributed by atoms with Crippen molar-refractivity contribution in [1.82, 2.24) is 5.32 Å². The SMILES string of the molecule is CCNC(COC1CCOCC1)C1CCOC1. The zero-order chi connectivity index (χ0) is 11.9. The van der Waals surface area contributed by atoms with E-state index in [0.29, 0.717) is 18.1 Å². The van der Waals surface area contributed by atoms with Gasteiger partial charge in [0, 0.05) is 31.8 Å². The fraction of sp³-hybridized carbons (Fsp3) is 1.00. The van der Waals surface area contributed by atoms with Crippen molar-refractivity contribution >= 4 is 0 Å². The molecule has 2 aliphatic heterocycles. The van der Waals surface area contributed by atoms with Crippen molar-refractivity contribution in [2.75, 3.05) is 39.6 Å². The second-order valence-electron chi connectivity index (χ2n) is 4.93. The molecule has 2 rings (SSSR count). The summed E-state index contributed by atoms with van der Waals surface area (Å²) < 4.78 is 16.8. The summed E-state index contributed by atoms with van der Waals surface area (Å²) in [6, 6.07) is 0.449. The average molecular weight is 243 g/mol. The van der Waals surface area contributed by atoms with E-state index in [1.54, 1.807) is 0 Å². The van der Waals surface area contributed by atoms with E-state index in [9.17, 15) is 0 Å². The van der Waals surface area contributed by atoms with Gasteiger partial charge in [0.1, 0.15) is 0 Å². The maximum Gasteiger partial charge on any atom is 0.0627 e. The molecule has 2 unspecified atom stereocenters. The molecular formula is C13H25NO3. The number of rotatable bonds is 6. The smallest absolute Gasteiger partial charge is 0.0627 e. The lowest BCUT2D eigenvalue weighted by Gasteiger charge is -2.28. The van der Waals surface area contributed by atoms with Crippen LogP contribution in [0.3, 0.4) is 0 Å². The highest BCUT2D eigenvalue weighted by Crippen LogP contribution is 2.19. The molecule has 0 amide bonds. The molecule has 1 N–H and O–H groups in total. The molecule has 0 aliphatic carbocycles. The minimum atomic E-state index is 0.396. The minimum absolute atomic E-state index is 0.396. The topological polar surface area (TPSA) is 39.7 Å². The van der Waals surface area contributed by atoms with Crippen molar-refractivity contribution in [3.63, 3.8) is 0 Å². The Balaban J connectivity index is 1.72. The van der Waals surface area contributed by atoms with Gasteiger partial charge in [0.15, 0.2) is 0 Å². The fourth-order valence-electron chi connectivity index (χ4n) is 2.58. The van der Waals surface area contributed by atoms with Crippen LogP contribution in [0.2, 0.25) is 0 Å². The summed E-state index contributed by atoms with van der Waals surface area (Å²) in [7, 11) is 0. The Hall–Kier alpha value is -0.160. The Morgan fingerprint density at radius 1 is 1.18 bits per heavy atom. The van der Waals surface area contributed by atoms with Gasteiger partial charge in [-0.15, -0.1) is 0 Å². The Kier molecular flexibility index (Phi) is 5.71. The summed E-state index contributed by atoms with van der Waals surface area (Å²) in [5.41, 5.74) is 0. The van der Waals surface area contributed by atoms with Crippen LogP contribution in [0.1, 0.15) is 26.2 Å². The van der Waals surface area contributed by atoms with E-state index < -0.39 is 0 Å². The Labute approximate surface area is 104 Å². The van der Waals surface area contributed by atoms with Crippen LogP contribution in [0, 0.1) is 5.92 Å². The lowest BCUT2D eigenvalue weighted by molar-refractivity contribution is -0.0425. The Morgan fingerprint density at radius 3 is 2.59 bits per heavy atom. The molecular weight excluding hydrogens is 218 g/mol. The molecule has 17 heavy (non-hydrogen) atoms. The van der Waals surface area contributed by atoms with Crippen LogP contribution in [-0.4, -0.2) is 51.7 Å². The van der Waals surface area contributed by atoms with Gasteiger partial charge in [0.25, 0.3) is 0 Å². The molecule has 2 saturated heterocycles. The van der Waals surface area contributed by atoms with Crippen LogP contribution in [0.15, 0.2) is 0 Å². The summed E-state index contributed by atoms with van der Waals surface area (Å²) in [6.07, 6.45) is 3.64. The van der Waals surface area contributed by atoms with Crippen molar-refractivity contribution in [2.24, 2.45) is 5.92 Å². The van der Waals surface area contributed by atoms with Gasteiger partial charge in [0.05, 0.1) is 19.3 Å². The number of hydrogen-bond donors (Lipinski definition) is 1. The second-order valence-corrected chi connectivity index (χ2v) is 4.93. The lowest BCUT2D eigenvalue weighted by atomic mass is 9.99. The number of hydrogen-bond acceptors (Lipinski definition) is 4. The van der Waals surface area contributed by atoms with Gasteiger partial charge in [0.2, 0.25) is 0 Å². The number of likely N-dealkylation sites (N-methyl/N-ethyl adjacent to an activating group) is 1. The molecule has 0 radical (unpaired) electrons. The molecule has 2 heterocycles. The summed E-state index contributed by atoms with van der Waals surface area (Å²) >= 11 is 0. The normalized spacial score (nSPS) is 28.4. The predicted octanol–water partition coefficient (Wildman–Crippen LogP) is 1.20. The van der Waals surface area contributed by atoms with E-state index in [1.165, 1.54) is 0 Å². The standard InChI is InChI=1S/C13H25NO3/c1-2-14-13(11-3-6-16-9-11)10-17-12-4-7-15-8-5-12/h11-14H,2-10H2,1H3. The van der Waals surface area contributed by atoms with E-state index in [4.69, 9.17) is 14.2 Å². The van der Waals surface area contributed by atoms with Crippen molar-refractivity contribution in [2.45, 2.75) is 38.3 Å². The van der Waals surface area contributed by atoms with Gasteiger partial charge >= 0.3 is 0 Å². The third kappa shape index (κ3) is 4.21. The first kappa shape index (κ1) is 13.3. The molecule has 4 heteroatoms.